The Balaban J connectivity index is 1.91. The highest BCUT2D eigenvalue weighted by molar-refractivity contribution is 5.16. The smallest absolute Gasteiger partial charge is 0.0656 e. The Morgan fingerprint density at radius 1 is 1.07 bits per heavy atom. The van der Waals surface area contributed by atoms with Crippen LogP contribution in [0.5, 0.6) is 0 Å². The molecule has 1 nitrogen and oxygen atoms in total. The van der Waals surface area contributed by atoms with Gasteiger partial charge < -0.3 is 5.11 Å². The Morgan fingerprint density at radius 3 is 2.57 bits per heavy atom. The number of fused-ring (bicyclic) bond motifs is 4. The number of aliphatic hydroxyl groups is 1. The fourth-order valence-corrected chi connectivity index (χ4v) is 5.17. The molecule has 3 fully saturated rings. The molecule has 0 spiro atoms. The van der Waals surface area contributed by atoms with E-state index in [1.165, 1.54) is 32.1 Å². The molecule has 14 heavy (non-hydrogen) atoms. The minimum atomic E-state index is -0.340. The van der Waals surface area contributed by atoms with E-state index in [-0.39, 0.29) is 5.60 Å². The molecule has 0 heterocycles. The van der Waals surface area contributed by atoms with Crippen molar-refractivity contribution in [3.05, 3.63) is 0 Å². The van der Waals surface area contributed by atoms with Crippen molar-refractivity contribution in [3.8, 4) is 0 Å². The van der Waals surface area contributed by atoms with Gasteiger partial charge >= 0.3 is 0 Å². The molecule has 0 aromatic carbocycles. The summed E-state index contributed by atoms with van der Waals surface area (Å²) in [4.78, 5) is 0. The molecule has 1 N–H and O–H groups in total. The molecule has 0 amide bonds. The third-order valence-electron chi connectivity index (χ3n) is 5.64. The highest BCUT2D eigenvalue weighted by Gasteiger charge is 2.67. The van der Waals surface area contributed by atoms with Gasteiger partial charge in [0.05, 0.1) is 5.60 Å². The molecule has 3 rings (SSSR count). The zero-order valence-electron chi connectivity index (χ0n) is 9.42. The van der Waals surface area contributed by atoms with Gasteiger partial charge in [-0.3, -0.25) is 0 Å². The topological polar surface area (TPSA) is 20.2 Å². The Morgan fingerprint density at radius 2 is 1.79 bits per heavy atom. The van der Waals surface area contributed by atoms with E-state index in [2.05, 4.69) is 13.8 Å². The molecule has 3 aliphatic rings. The van der Waals surface area contributed by atoms with Gasteiger partial charge in [0.2, 0.25) is 0 Å². The molecule has 0 saturated heterocycles. The van der Waals surface area contributed by atoms with Gasteiger partial charge in [-0.15, -0.1) is 0 Å². The molecule has 0 aromatic rings. The lowest BCUT2D eigenvalue weighted by atomic mass is 9.43. The molecule has 3 saturated carbocycles. The minimum absolute atomic E-state index is 0.340. The fourth-order valence-electron chi connectivity index (χ4n) is 5.17. The fraction of sp³-hybridized carbons (Fsp3) is 1.00. The Bertz CT molecular complexity index is 258. The van der Waals surface area contributed by atoms with Gasteiger partial charge in [0, 0.05) is 0 Å². The van der Waals surface area contributed by atoms with Crippen LogP contribution in [-0.4, -0.2) is 10.7 Å². The molecule has 80 valence electrons. The number of rotatable bonds is 0. The predicted molar refractivity (Wildman–Crippen MR) is 56.9 cm³/mol. The van der Waals surface area contributed by atoms with Crippen LogP contribution in [-0.2, 0) is 0 Å². The summed E-state index contributed by atoms with van der Waals surface area (Å²) in [7, 11) is 0. The summed E-state index contributed by atoms with van der Waals surface area (Å²) in [6.07, 6.45) is 7.98. The van der Waals surface area contributed by atoms with E-state index in [0.29, 0.717) is 11.3 Å². The molecule has 0 unspecified atom stereocenters. The lowest BCUT2D eigenvalue weighted by molar-refractivity contribution is -0.174. The van der Waals surface area contributed by atoms with Crippen LogP contribution >= 0.6 is 0 Å². The van der Waals surface area contributed by atoms with E-state index in [1.54, 1.807) is 0 Å². The third-order valence-corrected chi connectivity index (χ3v) is 5.64. The van der Waals surface area contributed by atoms with Crippen LogP contribution in [0.15, 0.2) is 0 Å². The highest BCUT2D eigenvalue weighted by Crippen LogP contribution is 2.70. The van der Waals surface area contributed by atoms with Crippen molar-refractivity contribution in [2.45, 2.75) is 58.0 Å². The van der Waals surface area contributed by atoms with E-state index in [4.69, 9.17) is 0 Å². The van der Waals surface area contributed by atoms with Crippen molar-refractivity contribution in [3.63, 3.8) is 0 Å². The lowest BCUT2D eigenvalue weighted by Gasteiger charge is -2.62. The Kier molecular flexibility index (Phi) is 1.68. The monoisotopic (exact) mass is 194 g/mol. The van der Waals surface area contributed by atoms with Gasteiger partial charge in [-0.25, -0.2) is 0 Å². The largest absolute Gasteiger partial charge is 0.390 e. The van der Waals surface area contributed by atoms with E-state index in [1.807, 2.05) is 0 Å². The standard InChI is InChI=1S/C13H22O/c1-12-7-8-13(2,14)11(12)9-5-3-4-6-10(9)12/h9-11,14H,3-8H2,1-2H3/t9-,10+,11+,12-,13-/m1/s1. The first-order valence-corrected chi connectivity index (χ1v) is 6.28. The molecule has 0 aromatic heterocycles. The van der Waals surface area contributed by atoms with Crippen LogP contribution in [0, 0.1) is 23.2 Å². The highest BCUT2D eigenvalue weighted by atomic mass is 16.3. The van der Waals surface area contributed by atoms with Crippen LogP contribution in [0.2, 0.25) is 0 Å². The predicted octanol–water partition coefficient (Wildman–Crippen LogP) is 2.97. The van der Waals surface area contributed by atoms with Crippen molar-refractivity contribution < 1.29 is 5.11 Å². The Hall–Kier alpha value is -0.0400. The van der Waals surface area contributed by atoms with Crippen molar-refractivity contribution in [1.29, 1.82) is 0 Å². The molecule has 1 heteroatoms. The summed E-state index contributed by atoms with van der Waals surface area (Å²) >= 11 is 0. The van der Waals surface area contributed by atoms with Gasteiger partial charge in [-0.1, -0.05) is 19.8 Å². The van der Waals surface area contributed by atoms with Gasteiger partial charge in [0.15, 0.2) is 0 Å². The molecule has 3 aliphatic carbocycles. The zero-order chi connectivity index (χ0) is 9.97. The maximum Gasteiger partial charge on any atom is 0.0656 e. The quantitative estimate of drug-likeness (QED) is 0.628. The first-order chi connectivity index (χ1) is 6.56. The van der Waals surface area contributed by atoms with Crippen molar-refractivity contribution >= 4 is 0 Å². The van der Waals surface area contributed by atoms with Crippen LogP contribution in [0.1, 0.15) is 52.4 Å². The van der Waals surface area contributed by atoms with Gasteiger partial charge in [0.1, 0.15) is 0 Å². The van der Waals surface area contributed by atoms with Gasteiger partial charge in [-0.05, 0) is 55.8 Å². The first-order valence-electron chi connectivity index (χ1n) is 6.28. The van der Waals surface area contributed by atoms with Crippen LogP contribution in [0.3, 0.4) is 0 Å². The summed E-state index contributed by atoms with van der Waals surface area (Å²) in [5, 5.41) is 10.4. The van der Waals surface area contributed by atoms with Crippen LogP contribution in [0.25, 0.3) is 0 Å². The van der Waals surface area contributed by atoms with Crippen molar-refractivity contribution in [1.82, 2.24) is 0 Å². The summed E-state index contributed by atoms with van der Waals surface area (Å²) in [6.45, 7) is 4.51. The maximum absolute atomic E-state index is 10.4. The summed E-state index contributed by atoms with van der Waals surface area (Å²) in [6, 6.07) is 0. The molecule has 0 aliphatic heterocycles. The lowest BCUT2D eigenvalue weighted by Crippen LogP contribution is -2.59. The molecule has 0 bridgehead atoms. The normalized spacial score (nSPS) is 61.5. The number of hydrogen-bond donors (Lipinski definition) is 1. The van der Waals surface area contributed by atoms with Gasteiger partial charge in [-0.2, -0.15) is 0 Å². The van der Waals surface area contributed by atoms with E-state index in [0.717, 1.165) is 18.3 Å². The number of hydrogen-bond acceptors (Lipinski definition) is 1. The van der Waals surface area contributed by atoms with Gasteiger partial charge in [0.25, 0.3) is 0 Å². The molecule has 0 radical (unpaired) electrons. The molecular weight excluding hydrogens is 172 g/mol. The first kappa shape index (κ1) is 9.21. The van der Waals surface area contributed by atoms with Crippen LogP contribution < -0.4 is 0 Å². The summed E-state index contributed by atoms with van der Waals surface area (Å²) in [5.41, 5.74) is 0.168. The van der Waals surface area contributed by atoms with Crippen molar-refractivity contribution in [2.75, 3.05) is 0 Å². The Labute approximate surface area is 86.9 Å². The summed E-state index contributed by atoms with van der Waals surface area (Å²) in [5.74, 6) is 2.45. The van der Waals surface area contributed by atoms with E-state index >= 15 is 0 Å². The zero-order valence-corrected chi connectivity index (χ0v) is 9.42. The SMILES string of the molecule is C[C@]12CC[C@@](C)(O)[C@H]1[C@@H]1CCCC[C@@H]12. The molecular formula is C13H22O. The second-order valence-electron chi connectivity index (χ2n) is 6.40. The second-order valence-corrected chi connectivity index (χ2v) is 6.40. The summed E-state index contributed by atoms with van der Waals surface area (Å²) < 4.78 is 0. The molecule has 5 atom stereocenters. The third kappa shape index (κ3) is 0.900. The average Bonchev–Trinajstić information content (AvgIpc) is 2.33. The van der Waals surface area contributed by atoms with E-state index in [9.17, 15) is 5.11 Å². The maximum atomic E-state index is 10.4. The van der Waals surface area contributed by atoms with Crippen LogP contribution in [0.4, 0.5) is 0 Å². The average molecular weight is 194 g/mol. The van der Waals surface area contributed by atoms with Crippen molar-refractivity contribution in [2.24, 2.45) is 23.2 Å². The van der Waals surface area contributed by atoms with E-state index < -0.39 is 0 Å². The second kappa shape index (κ2) is 2.55. The minimum Gasteiger partial charge on any atom is -0.390 e.